The summed E-state index contributed by atoms with van der Waals surface area (Å²) in [7, 11) is 1.53. The zero-order chi connectivity index (χ0) is 23.2. The van der Waals surface area contributed by atoms with E-state index in [4.69, 9.17) is 14.0 Å². The van der Waals surface area contributed by atoms with Crippen molar-refractivity contribution in [3.63, 3.8) is 0 Å². The summed E-state index contributed by atoms with van der Waals surface area (Å²) in [5.74, 6) is 1.45. The summed E-state index contributed by atoms with van der Waals surface area (Å²) >= 11 is 1.50. The van der Waals surface area contributed by atoms with Gasteiger partial charge in [-0.2, -0.15) is 4.98 Å². The average Bonchev–Trinajstić information content (AvgIpc) is 3.54. The molecule has 1 unspecified atom stereocenters. The fourth-order valence-electron chi connectivity index (χ4n) is 3.10. The van der Waals surface area contributed by atoms with Gasteiger partial charge in [-0.15, -0.1) is 11.3 Å². The molecule has 0 aliphatic heterocycles. The van der Waals surface area contributed by atoms with Gasteiger partial charge in [0.2, 0.25) is 11.7 Å². The van der Waals surface area contributed by atoms with Gasteiger partial charge >= 0.3 is 0 Å². The SMILES string of the molecule is COc1cc(C(=O)NC(c2nc(-c3cccnc3)no2)C(C)C)ccc1OCc1cscn1. The number of amides is 1. The van der Waals surface area contributed by atoms with E-state index in [1.807, 2.05) is 25.3 Å². The van der Waals surface area contributed by atoms with Crippen LogP contribution in [-0.4, -0.2) is 33.1 Å². The molecule has 3 aromatic heterocycles. The number of aromatic nitrogens is 4. The average molecular weight is 466 g/mol. The number of rotatable bonds is 9. The minimum absolute atomic E-state index is 0.0127. The first-order chi connectivity index (χ1) is 16.0. The molecule has 3 heterocycles. The Kier molecular flexibility index (Phi) is 6.94. The molecule has 4 rings (SSSR count). The number of nitrogens with one attached hydrogen (secondary N) is 1. The molecule has 0 radical (unpaired) electrons. The van der Waals surface area contributed by atoms with E-state index in [9.17, 15) is 4.79 Å². The van der Waals surface area contributed by atoms with E-state index in [0.29, 0.717) is 35.4 Å². The molecule has 10 heteroatoms. The fourth-order valence-corrected chi connectivity index (χ4v) is 3.64. The van der Waals surface area contributed by atoms with Crippen molar-refractivity contribution in [1.29, 1.82) is 0 Å². The quantitative estimate of drug-likeness (QED) is 0.389. The molecule has 4 aromatic rings. The van der Waals surface area contributed by atoms with Gasteiger partial charge in [0.1, 0.15) is 12.6 Å². The number of nitrogens with zero attached hydrogens (tertiary/aromatic N) is 4. The lowest BCUT2D eigenvalue weighted by Gasteiger charge is -2.19. The lowest BCUT2D eigenvalue weighted by molar-refractivity contribution is 0.0913. The van der Waals surface area contributed by atoms with Gasteiger partial charge in [-0.25, -0.2) is 4.98 Å². The number of ether oxygens (including phenoxy) is 2. The van der Waals surface area contributed by atoms with Gasteiger partial charge in [0.25, 0.3) is 5.91 Å². The van der Waals surface area contributed by atoms with Crippen LogP contribution in [0, 0.1) is 5.92 Å². The van der Waals surface area contributed by atoms with Crippen LogP contribution in [0.1, 0.15) is 41.8 Å². The maximum Gasteiger partial charge on any atom is 0.252 e. The van der Waals surface area contributed by atoms with E-state index in [1.165, 1.54) is 18.4 Å². The number of hydrogen-bond donors (Lipinski definition) is 1. The summed E-state index contributed by atoms with van der Waals surface area (Å²) in [6.45, 7) is 4.25. The summed E-state index contributed by atoms with van der Waals surface area (Å²) in [6.07, 6.45) is 3.33. The first kappa shape index (κ1) is 22.4. The Morgan fingerprint density at radius 1 is 1.24 bits per heavy atom. The highest BCUT2D eigenvalue weighted by molar-refractivity contribution is 7.07. The number of carbonyl (C=O) groups is 1. The van der Waals surface area contributed by atoms with E-state index in [1.54, 1.807) is 42.2 Å². The van der Waals surface area contributed by atoms with E-state index < -0.39 is 6.04 Å². The smallest absolute Gasteiger partial charge is 0.252 e. The molecule has 1 atom stereocenters. The minimum Gasteiger partial charge on any atom is -0.493 e. The lowest BCUT2D eigenvalue weighted by atomic mass is 10.0. The van der Waals surface area contributed by atoms with Gasteiger partial charge in [0.05, 0.1) is 18.3 Å². The molecule has 1 aromatic carbocycles. The van der Waals surface area contributed by atoms with Crippen molar-refractivity contribution in [1.82, 2.24) is 25.4 Å². The second-order valence-electron chi connectivity index (χ2n) is 7.53. The van der Waals surface area contributed by atoms with Crippen molar-refractivity contribution in [3.8, 4) is 22.9 Å². The van der Waals surface area contributed by atoms with Crippen LogP contribution in [-0.2, 0) is 6.61 Å². The molecule has 1 amide bonds. The Morgan fingerprint density at radius 3 is 2.82 bits per heavy atom. The zero-order valence-electron chi connectivity index (χ0n) is 18.4. The summed E-state index contributed by atoms with van der Waals surface area (Å²) in [4.78, 5) is 25.8. The summed E-state index contributed by atoms with van der Waals surface area (Å²) in [5.41, 5.74) is 3.73. The van der Waals surface area contributed by atoms with E-state index in [0.717, 1.165) is 11.3 Å². The zero-order valence-corrected chi connectivity index (χ0v) is 19.2. The summed E-state index contributed by atoms with van der Waals surface area (Å²) < 4.78 is 16.7. The van der Waals surface area contributed by atoms with E-state index in [-0.39, 0.29) is 11.8 Å². The van der Waals surface area contributed by atoms with Crippen LogP contribution in [0.25, 0.3) is 11.4 Å². The first-order valence-corrected chi connectivity index (χ1v) is 11.2. The summed E-state index contributed by atoms with van der Waals surface area (Å²) in [5, 5.41) is 8.93. The monoisotopic (exact) mass is 465 g/mol. The van der Waals surface area contributed by atoms with Crippen LogP contribution in [0.3, 0.4) is 0 Å². The maximum atomic E-state index is 13.0. The Morgan fingerprint density at radius 2 is 2.12 bits per heavy atom. The second-order valence-corrected chi connectivity index (χ2v) is 8.25. The normalized spacial score (nSPS) is 11.9. The highest BCUT2D eigenvalue weighted by atomic mass is 32.1. The molecule has 0 saturated carbocycles. The first-order valence-electron chi connectivity index (χ1n) is 10.3. The molecule has 33 heavy (non-hydrogen) atoms. The molecular weight excluding hydrogens is 442 g/mol. The van der Waals surface area contributed by atoms with Gasteiger partial charge in [-0.3, -0.25) is 9.78 Å². The fraction of sp³-hybridized carbons (Fsp3) is 0.261. The van der Waals surface area contributed by atoms with Crippen LogP contribution < -0.4 is 14.8 Å². The van der Waals surface area contributed by atoms with Crippen LogP contribution in [0.15, 0.2) is 58.1 Å². The molecule has 0 fully saturated rings. The molecule has 0 spiro atoms. The number of methoxy groups -OCH3 is 1. The molecule has 9 nitrogen and oxygen atoms in total. The predicted octanol–water partition coefficient (Wildman–Crippen LogP) is 4.30. The molecule has 0 saturated heterocycles. The van der Waals surface area contributed by atoms with Crippen molar-refractivity contribution in [3.05, 3.63) is 70.8 Å². The Hall–Kier alpha value is -3.79. The maximum absolute atomic E-state index is 13.0. The van der Waals surface area contributed by atoms with Crippen LogP contribution in [0.2, 0.25) is 0 Å². The van der Waals surface area contributed by atoms with Crippen molar-refractivity contribution in [2.45, 2.75) is 26.5 Å². The minimum atomic E-state index is -0.470. The molecule has 170 valence electrons. The van der Waals surface area contributed by atoms with Gasteiger partial charge < -0.3 is 19.3 Å². The number of thiazole rings is 1. The number of hydrogen-bond acceptors (Lipinski definition) is 9. The highest BCUT2D eigenvalue weighted by Gasteiger charge is 2.26. The Balaban J connectivity index is 1.49. The summed E-state index contributed by atoms with van der Waals surface area (Å²) in [6, 6.07) is 8.19. The van der Waals surface area contributed by atoms with Crippen LogP contribution >= 0.6 is 11.3 Å². The van der Waals surface area contributed by atoms with Crippen molar-refractivity contribution in [2.24, 2.45) is 5.92 Å². The third-order valence-corrected chi connectivity index (χ3v) is 5.50. The molecule has 1 N–H and O–H groups in total. The van der Waals surface area contributed by atoms with E-state index >= 15 is 0 Å². The van der Waals surface area contributed by atoms with Gasteiger partial charge in [-0.1, -0.05) is 19.0 Å². The van der Waals surface area contributed by atoms with Crippen molar-refractivity contribution >= 4 is 17.2 Å². The Labute approximate surface area is 194 Å². The van der Waals surface area contributed by atoms with Gasteiger partial charge in [0.15, 0.2) is 11.5 Å². The van der Waals surface area contributed by atoms with Crippen molar-refractivity contribution < 1.29 is 18.8 Å². The molecule has 0 aliphatic carbocycles. The third-order valence-electron chi connectivity index (χ3n) is 4.87. The molecule has 0 aliphatic rings. The number of pyridine rings is 1. The lowest BCUT2D eigenvalue weighted by Crippen LogP contribution is -2.32. The third kappa shape index (κ3) is 5.35. The molecular formula is C23H23N5O4S. The number of benzene rings is 1. The standard InChI is InChI=1S/C23H23N5O4S/c1-14(2)20(23-27-21(28-32-23)16-5-4-8-24-10-16)26-22(29)15-6-7-18(19(9-15)30-3)31-11-17-12-33-13-25-17/h4-10,12-14,20H,11H2,1-3H3,(H,26,29). The van der Waals surface area contributed by atoms with Crippen molar-refractivity contribution in [2.75, 3.05) is 7.11 Å². The largest absolute Gasteiger partial charge is 0.493 e. The van der Waals surface area contributed by atoms with Crippen LogP contribution in [0.4, 0.5) is 0 Å². The van der Waals surface area contributed by atoms with Gasteiger partial charge in [0, 0.05) is 28.9 Å². The Bertz CT molecular complexity index is 1190. The predicted molar refractivity (Wildman–Crippen MR) is 122 cm³/mol. The topological polar surface area (TPSA) is 112 Å². The number of carbonyl (C=O) groups excluding carboxylic acids is 1. The second kappa shape index (κ2) is 10.2. The van der Waals surface area contributed by atoms with Crippen LogP contribution in [0.5, 0.6) is 11.5 Å². The molecule has 0 bridgehead atoms. The highest BCUT2D eigenvalue weighted by Crippen LogP contribution is 2.30. The van der Waals surface area contributed by atoms with Gasteiger partial charge in [-0.05, 0) is 36.2 Å². The van der Waals surface area contributed by atoms with E-state index in [2.05, 4.69) is 25.4 Å².